The maximum absolute atomic E-state index is 12.7. The minimum atomic E-state index is -0.588. The highest BCUT2D eigenvalue weighted by molar-refractivity contribution is 5.87. The minimum Gasteiger partial charge on any atom is -0.484 e. The summed E-state index contributed by atoms with van der Waals surface area (Å²) in [6, 6.07) is 14.8. The number of nitrogens with zero attached hydrogens (tertiary/aromatic N) is 1. The first-order chi connectivity index (χ1) is 12.4. The van der Waals surface area contributed by atoms with Gasteiger partial charge in [0.25, 0.3) is 5.91 Å². The Morgan fingerprint density at radius 1 is 1.00 bits per heavy atom. The lowest BCUT2D eigenvalue weighted by molar-refractivity contribution is -0.142. The van der Waals surface area contributed by atoms with E-state index in [4.69, 9.17) is 4.74 Å². The maximum Gasteiger partial charge on any atom is 0.261 e. The van der Waals surface area contributed by atoms with Gasteiger partial charge in [-0.25, -0.2) is 0 Å². The van der Waals surface area contributed by atoms with Gasteiger partial charge < -0.3 is 15.0 Å². The van der Waals surface area contributed by atoms with Gasteiger partial charge in [0.15, 0.2) is 6.61 Å². The third-order valence-electron chi connectivity index (χ3n) is 4.27. The first kappa shape index (κ1) is 19.5. The summed E-state index contributed by atoms with van der Waals surface area (Å²) in [4.78, 5) is 26.3. The highest BCUT2D eigenvalue weighted by Gasteiger charge is 2.25. The van der Waals surface area contributed by atoms with Crippen molar-refractivity contribution in [2.45, 2.75) is 33.4 Å². The number of hydrogen-bond acceptors (Lipinski definition) is 3. The molecule has 0 saturated carbocycles. The van der Waals surface area contributed by atoms with Gasteiger partial charge in [-0.2, -0.15) is 0 Å². The molecule has 0 aromatic heterocycles. The number of carbonyl (C=O) groups excluding carboxylic acids is 2. The largest absolute Gasteiger partial charge is 0.484 e. The molecule has 0 radical (unpaired) electrons. The van der Waals surface area contributed by atoms with Crippen LogP contribution in [0.5, 0.6) is 5.75 Å². The molecule has 0 saturated heterocycles. The topological polar surface area (TPSA) is 58.6 Å². The average molecular weight is 354 g/mol. The molecule has 0 aliphatic rings. The Labute approximate surface area is 155 Å². The van der Waals surface area contributed by atoms with E-state index < -0.39 is 6.04 Å². The Morgan fingerprint density at radius 3 is 2.08 bits per heavy atom. The number of carbonyl (C=O) groups is 2. The summed E-state index contributed by atoms with van der Waals surface area (Å²) in [6.07, 6.45) is 0. The zero-order valence-corrected chi connectivity index (χ0v) is 15.8. The Kier molecular flexibility index (Phi) is 6.78. The lowest BCUT2D eigenvalue weighted by Gasteiger charge is -2.28. The lowest BCUT2D eigenvalue weighted by Crippen LogP contribution is -2.48. The van der Waals surface area contributed by atoms with Crippen LogP contribution in [-0.4, -0.2) is 36.4 Å². The fourth-order valence-corrected chi connectivity index (χ4v) is 2.54. The van der Waals surface area contributed by atoms with Gasteiger partial charge >= 0.3 is 0 Å². The molecule has 26 heavy (non-hydrogen) atoms. The molecule has 0 aliphatic carbocycles. The molecule has 2 aromatic carbocycles. The molecule has 0 fully saturated rings. The summed E-state index contributed by atoms with van der Waals surface area (Å²) in [5.74, 6) is 0.190. The SMILES string of the molecule is CNC(=O)C(C)N(Cc1ccc(C)cc1)C(=O)COc1ccc(C)cc1. The molecule has 138 valence electrons. The fraction of sp³-hybridized carbons (Fsp3) is 0.333. The fourth-order valence-electron chi connectivity index (χ4n) is 2.54. The van der Waals surface area contributed by atoms with E-state index in [9.17, 15) is 9.59 Å². The van der Waals surface area contributed by atoms with E-state index in [1.54, 1.807) is 14.0 Å². The zero-order valence-electron chi connectivity index (χ0n) is 15.8. The third kappa shape index (κ3) is 5.34. The number of nitrogens with one attached hydrogen (secondary N) is 1. The minimum absolute atomic E-state index is 0.115. The molecular formula is C21H26N2O3. The number of benzene rings is 2. The zero-order chi connectivity index (χ0) is 19.1. The molecule has 1 unspecified atom stereocenters. The Morgan fingerprint density at radius 2 is 1.54 bits per heavy atom. The smallest absolute Gasteiger partial charge is 0.261 e. The van der Waals surface area contributed by atoms with Crippen LogP contribution in [0, 0.1) is 13.8 Å². The van der Waals surface area contributed by atoms with Crippen LogP contribution in [0.15, 0.2) is 48.5 Å². The van der Waals surface area contributed by atoms with Crippen LogP contribution in [0.4, 0.5) is 0 Å². The van der Waals surface area contributed by atoms with Crippen LogP contribution >= 0.6 is 0 Å². The van der Waals surface area contributed by atoms with Gasteiger partial charge in [0.2, 0.25) is 5.91 Å². The van der Waals surface area contributed by atoms with Crippen molar-refractivity contribution in [3.8, 4) is 5.75 Å². The van der Waals surface area contributed by atoms with Gasteiger partial charge in [-0.3, -0.25) is 9.59 Å². The first-order valence-electron chi connectivity index (χ1n) is 8.66. The van der Waals surface area contributed by atoms with Crippen LogP contribution in [0.2, 0.25) is 0 Å². The number of likely N-dealkylation sites (N-methyl/N-ethyl adjacent to an activating group) is 1. The summed E-state index contributed by atoms with van der Waals surface area (Å²) in [6.45, 7) is 5.95. The van der Waals surface area contributed by atoms with E-state index in [-0.39, 0.29) is 18.4 Å². The number of aryl methyl sites for hydroxylation is 2. The van der Waals surface area contributed by atoms with Crippen LogP contribution in [0.3, 0.4) is 0 Å². The number of rotatable bonds is 7. The normalized spacial score (nSPS) is 11.5. The second-order valence-electron chi connectivity index (χ2n) is 6.40. The van der Waals surface area contributed by atoms with Gasteiger partial charge in [0.1, 0.15) is 11.8 Å². The highest BCUT2D eigenvalue weighted by Crippen LogP contribution is 2.14. The molecular weight excluding hydrogens is 328 g/mol. The number of ether oxygens (including phenoxy) is 1. The monoisotopic (exact) mass is 354 g/mol. The van der Waals surface area contributed by atoms with E-state index >= 15 is 0 Å². The second kappa shape index (κ2) is 9.04. The molecule has 0 heterocycles. The Bertz CT molecular complexity index is 739. The van der Waals surface area contributed by atoms with Crippen molar-refractivity contribution in [1.82, 2.24) is 10.2 Å². The molecule has 2 amide bonds. The Balaban J connectivity index is 2.10. The van der Waals surface area contributed by atoms with Crippen LogP contribution in [-0.2, 0) is 16.1 Å². The van der Waals surface area contributed by atoms with E-state index in [1.165, 1.54) is 4.90 Å². The summed E-state index contributed by atoms with van der Waals surface area (Å²) in [5.41, 5.74) is 3.24. The predicted molar refractivity (Wildman–Crippen MR) is 102 cm³/mol. The van der Waals surface area contributed by atoms with Crippen molar-refractivity contribution < 1.29 is 14.3 Å². The van der Waals surface area contributed by atoms with E-state index in [0.717, 1.165) is 16.7 Å². The van der Waals surface area contributed by atoms with Crippen molar-refractivity contribution in [3.63, 3.8) is 0 Å². The van der Waals surface area contributed by atoms with Gasteiger partial charge in [0.05, 0.1) is 0 Å². The molecule has 1 N–H and O–H groups in total. The maximum atomic E-state index is 12.7. The van der Waals surface area contributed by atoms with Crippen molar-refractivity contribution in [2.75, 3.05) is 13.7 Å². The van der Waals surface area contributed by atoms with Crippen LogP contribution < -0.4 is 10.1 Å². The standard InChI is InChI=1S/C21H26N2O3/c1-15-5-9-18(10-6-15)13-23(17(3)21(25)22-4)20(24)14-26-19-11-7-16(2)8-12-19/h5-12,17H,13-14H2,1-4H3,(H,22,25). The van der Waals surface area contributed by atoms with Gasteiger partial charge in [-0.05, 0) is 38.5 Å². The van der Waals surface area contributed by atoms with E-state index in [2.05, 4.69) is 5.32 Å². The summed E-state index contributed by atoms with van der Waals surface area (Å²) >= 11 is 0. The molecule has 2 rings (SSSR count). The average Bonchev–Trinajstić information content (AvgIpc) is 2.65. The molecule has 5 heteroatoms. The number of amides is 2. The van der Waals surface area contributed by atoms with Crippen molar-refractivity contribution in [1.29, 1.82) is 0 Å². The van der Waals surface area contributed by atoms with Crippen LogP contribution in [0.1, 0.15) is 23.6 Å². The molecule has 2 aromatic rings. The molecule has 0 spiro atoms. The quantitative estimate of drug-likeness (QED) is 0.832. The van der Waals surface area contributed by atoms with Crippen molar-refractivity contribution in [3.05, 3.63) is 65.2 Å². The highest BCUT2D eigenvalue weighted by atomic mass is 16.5. The van der Waals surface area contributed by atoms with Gasteiger partial charge in [-0.1, -0.05) is 47.5 Å². The van der Waals surface area contributed by atoms with Crippen LogP contribution in [0.25, 0.3) is 0 Å². The predicted octanol–water partition coefficient (Wildman–Crippen LogP) is 2.85. The third-order valence-corrected chi connectivity index (χ3v) is 4.27. The van der Waals surface area contributed by atoms with E-state index in [1.807, 2.05) is 62.4 Å². The summed E-state index contributed by atoms with van der Waals surface area (Å²) < 4.78 is 5.60. The summed E-state index contributed by atoms with van der Waals surface area (Å²) in [5, 5.41) is 2.60. The van der Waals surface area contributed by atoms with E-state index in [0.29, 0.717) is 12.3 Å². The van der Waals surface area contributed by atoms with Gasteiger partial charge in [0, 0.05) is 13.6 Å². The molecule has 1 atom stereocenters. The van der Waals surface area contributed by atoms with Crippen molar-refractivity contribution in [2.24, 2.45) is 0 Å². The molecule has 0 bridgehead atoms. The van der Waals surface area contributed by atoms with Gasteiger partial charge in [-0.15, -0.1) is 0 Å². The van der Waals surface area contributed by atoms with Crippen molar-refractivity contribution >= 4 is 11.8 Å². The second-order valence-corrected chi connectivity index (χ2v) is 6.40. The molecule has 0 aliphatic heterocycles. The lowest BCUT2D eigenvalue weighted by atomic mass is 10.1. The first-order valence-corrected chi connectivity index (χ1v) is 8.66. The Hall–Kier alpha value is -2.82. The molecule has 5 nitrogen and oxygen atoms in total. The summed E-state index contributed by atoms with van der Waals surface area (Å²) in [7, 11) is 1.57. The number of hydrogen-bond donors (Lipinski definition) is 1.